The van der Waals surface area contributed by atoms with Gasteiger partial charge in [-0.1, -0.05) is 48.5 Å². The number of nitrogens with zero attached hydrogens (tertiary/aromatic N) is 2. The van der Waals surface area contributed by atoms with Gasteiger partial charge in [-0.25, -0.2) is 0 Å². The van der Waals surface area contributed by atoms with Crippen molar-refractivity contribution in [3.05, 3.63) is 66.2 Å². The molecule has 1 heterocycles. The molecule has 0 bridgehead atoms. The van der Waals surface area contributed by atoms with Gasteiger partial charge in [-0.2, -0.15) is 0 Å². The first-order chi connectivity index (χ1) is 10.7. The first-order valence-corrected chi connectivity index (χ1v) is 7.83. The maximum atomic E-state index is 12.3. The Labute approximate surface area is 132 Å². The molecule has 3 heteroatoms. The summed E-state index contributed by atoms with van der Waals surface area (Å²) in [4.78, 5) is 16.5. The summed E-state index contributed by atoms with van der Waals surface area (Å²) in [6.45, 7) is 1.76. The molecule has 0 aliphatic carbocycles. The highest BCUT2D eigenvalue weighted by molar-refractivity contribution is 5.96. The van der Waals surface area contributed by atoms with E-state index in [1.807, 2.05) is 41.3 Å². The maximum Gasteiger partial charge on any atom is 0.228 e. The van der Waals surface area contributed by atoms with Gasteiger partial charge in [-0.3, -0.25) is 4.79 Å². The van der Waals surface area contributed by atoms with Crippen LogP contribution in [0.5, 0.6) is 0 Å². The van der Waals surface area contributed by atoms with Crippen LogP contribution in [0.25, 0.3) is 0 Å². The maximum absolute atomic E-state index is 12.3. The number of rotatable bonds is 5. The number of anilines is 1. The zero-order chi connectivity index (χ0) is 15.4. The molecular formula is C19H22N2O. The SMILES string of the molecule is CN(CCc1ccccc1)C1CC(=O)N(c2ccccc2)C1. The zero-order valence-electron chi connectivity index (χ0n) is 13.0. The standard InChI is InChI=1S/C19H22N2O/c1-20(13-12-16-8-4-2-5-9-16)18-14-19(22)21(15-18)17-10-6-3-7-11-17/h2-11,18H,12-15H2,1H3. The molecule has 22 heavy (non-hydrogen) atoms. The molecule has 0 radical (unpaired) electrons. The number of carbonyl (C=O) groups excluding carboxylic acids is 1. The van der Waals surface area contributed by atoms with E-state index < -0.39 is 0 Å². The molecule has 0 N–H and O–H groups in total. The molecule has 1 unspecified atom stereocenters. The van der Waals surface area contributed by atoms with Gasteiger partial charge < -0.3 is 9.80 Å². The van der Waals surface area contributed by atoms with Crippen molar-refractivity contribution in [1.82, 2.24) is 4.90 Å². The van der Waals surface area contributed by atoms with Gasteiger partial charge in [-0.15, -0.1) is 0 Å². The van der Waals surface area contributed by atoms with E-state index >= 15 is 0 Å². The van der Waals surface area contributed by atoms with Gasteiger partial charge in [0.2, 0.25) is 5.91 Å². The average molecular weight is 294 g/mol. The Morgan fingerprint density at radius 1 is 1.05 bits per heavy atom. The van der Waals surface area contributed by atoms with Crippen molar-refractivity contribution >= 4 is 11.6 Å². The Hall–Kier alpha value is -2.13. The Morgan fingerprint density at radius 2 is 1.68 bits per heavy atom. The van der Waals surface area contributed by atoms with Gasteiger partial charge in [0.15, 0.2) is 0 Å². The van der Waals surface area contributed by atoms with Crippen LogP contribution in [0.1, 0.15) is 12.0 Å². The van der Waals surface area contributed by atoms with Gasteiger partial charge in [0.25, 0.3) is 0 Å². The molecule has 3 rings (SSSR count). The van der Waals surface area contributed by atoms with E-state index in [9.17, 15) is 4.79 Å². The van der Waals surface area contributed by atoms with Crippen molar-refractivity contribution in [2.24, 2.45) is 0 Å². The third-order valence-corrected chi connectivity index (χ3v) is 4.39. The van der Waals surface area contributed by atoms with Gasteiger partial charge in [-0.05, 0) is 31.2 Å². The average Bonchev–Trinajstić information content (AvgIpc) is 2.96. The van der Waals surface area contributed by atoms with Crippen LogP contribution in [0.2, 0.25) is 0 Å². The lowest BCUT2D eigenvalue weighted by Gasteiger charge is -2.24. The highest BCUT2D eigenvalue weighted by Crippen LogP contribution is 2.23. The molecule has 1 aliphatic rings. The monoisotopic (exact) mass is 294 g/mol. The number of likely N-dealkylation sites (N-methyl/N-ethyl adjacent to an activating group) is 1. The quantitative estimate of drug-likeness (QED) is 0.846. The lowest BCUT2D eigenvalue weighted by molar-refractivity contribution is -0.117. The van der Waals surface area contributed by atoms with Crippen molar-refractivity contribution in [1.29, 1.82) is 0 Å². The van der Waals surface area contributed by atoms with E-state index in [0.717, 1.165) is 25.2 Å². The molecule has 0 aromatic heterocycles. The van der Waals surface area contributed by atoms with E-state index in [0.29, 0.717) is 12.5 Å². The molecule has 0 spiro atoms. The second-order valence-electron chi connectivity index (χ2n) is 5.91. The molecule has 3 nitrogen and oxygen atoms in total. The molecule has 0 saturated carbocycles. The largest absolute Gasteiger partial charge is 0.311 e. The fourth-order valence-corrected chi connectivity index (χ4v) is 2.97. The number of hydrogen-bond acceptors (Lipinski definition) is 2. The normalized spacial score (nSPS) is 18.2. The lowest BCUT2D eigenvalue weighted by Crippen LogP contribution is -2.36. The van der Waals surface area contributed by atoms with Crippen molar-refractivity contribution in [2.45, 2.75) is 18.9 Å². The van der Waals surface area contributed by atoms with Crippen LogP contribution >= 0.6 is 0 Å². The van der Waals surface area contributed by atoms with Crippen LogP contribution in [0.3, 0.4) is 0 Å². The highest BCUT2D eigenvalue weighted by Gasteiger charge is 2.32. The topological polar surface area (TPSA) is 23.6 Å². The number of benzene rings is 2. The summed E-state index contributed by atoms with van der Waals surface area (Å²) >= 11 is 0. The minimum absolute atomic E-state index is 0.225. The van der Waals surface area contributed by atoms with Crippen LogP contribution in [-0.4, -0.2) is 37.0 Å². The van der Waals surface area contributed by atoms with Crippen LogP contribution in [-0.2, 0) is 11.2 Å². The predicted octanol–water partition coefficient (Wildman–Crippen LogP) is 2.97. The van der Waals surface area contributed by atoms with E-state index in [2.05, 4.69) is 36.2 Å². The Kier molecular flexibility index (Phi) is 4.54. The summed E-state index contributed by atoms with van der Waals surface area (Å²) in [7, 11) is 2.12. The Bertz CT molecular complexity index is 612. The molecule has 1 atom stereocenters. The van der Waals surface area contributed by atoms with Crippen LogP contribution in [0.4, 0.5) is 5.69 Å². The summed E-state index contributed by atoms with van der Waals surface area (Å²) in [6, 6.07) is 20.8. The third-order valence-electron chi connectivity index (χ3n) is 4.39. The fraction of sp³-hybridized carbons (Fsp3) is 0.316. The molecule has 2 aromatic rings. The van der Waals surface area contributed by atoms with E-state index in [1.165, 1.54) is 5.56 Å². The first kappa shape index (κ1) is 14.8. The number of amides is 1. The smallest absolute Gasteiger partial charge is 0.228 e. The van der Waals surface area contributed by atoms with E-state index in [4.69, 9.17) is 0 Å². The van der Waals surface area contributed by atoms with Crippen LogP contribution in [0.15, 0.2) is 60.7 Å². The van der Waals surface area contributed by atoms with Gasteiger partial charge in [0, 0.05) is 31.2 Å². The van der Waals surface area contributed by atoms with Crippen molar-refractivity contribution < 1.29 is 4.79 Å². The van der Waals surface area contributed by atoms with Crippen molar-refractivity contribution in [3.8, 4) is 0 Å². The van der Waals surface area contributed by atoms with Gasteiger partial charge in [0.1, 0.15) is 0 Å². The zero-order valence-corrected chi connectivity index (χ0v) is 13.0. The summed E-state index contributed by atoms with van der Waals surface area (Å²) in [6.07, 6.45) is 1.63. The number of carbonyl (C=O) groups is 1. The van der Waals surface area contributed by atoms with Crippen LogP contribution < -0.4 is 4.90 Å². The first-order valence-electron chi connectivity index (χ1n) is 7.83. The molecule has 1 aliphatic heterocycles. The minimum Gasteiger partial charge on any atom is -0.311 e. The van der Waals surface area contributed by atoms with Gasteiger partial charge >= 0.3 is 0 Å². The number of para-hydroxylation sites is 1. The second kappa shape index (κ2) is 6.75. The summed E-state index contributed by atoms with van der Waals surface area (Å²) in [5.41, 5.74) is 2.35. The fourth-order valence-electron chi connectivity index (χ4n) is 2.97. The third kappa shape index (κ3) is 3.37. The molecular weight excluding hydrogens is 272 g/mol. The lowest BCUT2D eigenvalue weighted by atomic mass is 10.1. The molecule has 1 saturated heterocycles. The minimum atomic E-state index is 0.225. The molecule has 1 amide bonds. The summed E-state index contributed by atoms with van der Waals surface area (Å²) in [5, 5.41) is 0. The molecule has 1 fully saturated rings. The highest BCUT2D eigenvalue weighted by atomic mass is 16.2. The Morgan fingerprint density at radius 3 is 2.36 bits per heavy atom. The summed E-state index contributed by atoms with van der Waals surface area (Å²) < 4.78 is 0. The number of hydrogen-bond donors (Lipinski definition) is 0. The Balaban J connectivity index is 1.58. The molecule has 114 valence electrons. The predicted molar refractivity (Wildman–Crippen MR) is 90.0 cm³/mol. The summed E-state index contributed by atoms with van der Waals surface area (Å²) in [5.74, 6) is 0.225. The second-order valence-corrected chi connectivity index (χ2v) is 5.91. The van der Waals surface area contributed by atoms with Crippen LogP contribution in [0, 0.1) is 0 Å². The van der Waals surface area contributed by atoms with Crippen molar-refractivity contribution in [2.75, 3.05) is 25.0 Å². The van der Waals surface area contributed by atoms with E-state index in [-0.39, 0.29) is 5.91 Å². The van der Waals surface area contributed by atoms with Crippen molar-refractivity contribution in [3.63, 3.8) is 0 Å². The van der Waals surface area contributed by atoms with Gasteiger partial charge in [0.05, 0.1) is 0 Å². The van der Waals surface area contributed by atoms with E-state index in [1.54, 1.807) is 0 Å². The molecule has 2 aromatic carbocycles.